The van der Waals surface area contributed by atoms with Crippen molar-refractivity contribution in [3.8, 4) is 0 Å². The van der Waals surface area contributed by atoms with Gasteiger partial charge in [0.25, 0.3) is 0 Å². The minimum atomic E-state index is 0.847. The SMILES string of the molecule is C1=C[C@H]2C3CC[C@H]2[C@@H](c2ccccc2)[C@H]13. The lowest BCUT2D eigenvalue weighted by Crippen LogP contribution is -2.19. The first kappa shape index (κ1) is 8.15. The third-order valence-electron chi connectivity index (χ3n) is 4.93. The summed E-state index contributed by atoms with van der Waals surface area (Å²) >= 11 is 0. The summed E-state index contributed by atoms with van der Waals surface area (Å²) in [5.74, 6) is 4.61. The summed E-state index contributed by atoms with van der Waals surface area (Å²) in [5.41, 5.74) is 1.59. The zero-order valence-corrected chi connectivity index (χ0v) is 8.84. The Balaban J connectivity index is 1.78. The average molecular weight is 196 g/mol. The number of rotatable bonds is 1. The maximum absolute atomic E-state index is 2.51. The molecule has 0 aromatic heterocycles. The Labute approximate surface area is 91.0 Å². The highest BCUT2D eigenvalue weighted by atomic mass is 14.6. The molecule has 1 unspecified atom stereocenters. The lowest BCUT2D eigenvalue weighted by atomic mass is 9.74. The molecule has 4 rings (SSSR count). The molecule has 0 heteroatoms. The predicted molar refractivity (Wildman–Crippen MR) is 61.5 cm³/mol. The Morgan fingerprint density at radius 2 is 1.53 bits per heavy atom. The molecule has 15 heavy (non-hydrogen) atoms. The van der Waals surface area contributed by atoms with Crippen LogP contribution in [0.2, 0.25) is 0 Å². The molecule has 5 atom stereocenters. The van der Waals surface area contributed by atoms with Crippen LogP contribution in [0.5, 0.6) is 0 Å². The summed E-state index contributed by atoms with van der Waals surface area (Å²) in [6.07, 6.45) is 7.96. The fourth-order valence-electron chi connectivity index (χ4n) is 4.46. The first-order valence-electron chi connectivity index (χ1n) is 6.18. The highest BCUT2D eigenvalue weighted by Crippen LogP contribution is 2.64. The van der Waals surface area contributed by atoms with Gasteiger partial charge in [-0.05, 0) is 48.0 Å². The third-order valence-corrected chi connectivity index (χ3v) is 4.93. The summed E-state index contributed by atoms with van der Waals surface area (Å²) in [4.78, 5) is 0. The molecule has 0 N–H and O–H groups in total. The second-order valence-electron chi connectivity index (χ2n) is 5.38. The molecule has 2 fully saturated rings. The Kier molecular flexibility index (Phi) is 1.49. The number of benzene rings is 1. The molecule has 0 spiro atoms. The normalized spacial score (nSPS) is 45.2. The van der Waals surface area contributed by atoms with E-state index in [4.69, 9.17) is 0 Å². The maximum Gasteiger partial charge on any atom is -0.00621 e. The molecule has 1 aromatic carbocycles. The van der Waals surface area contributed by atoms with Gasteiger partial charge in [-0.3, -0.25) is 0 Å². The summed E-state index contributed by atoms with van der Waals surface area (Å²) < 4.78 is 0. The van der Waals surface area contributed by atoms with E-state index in [0.717, 1.165) is 29.6 Å². The zero-order chi connectivity index (χ0) is 9.83. The van der Waals surface area contributed by atoms with Crippen LogP contribution in [-0.2, 0) is 0 Å². The number of hydrogen-bond acceptors (Lipinski definition) is 0. The quantitative estimate of drug-likeness (QED) is 0.602. The van der Waals surface area contributed by atoms with Crippen molar-refractivity contribution in [2.75, 3.05) is 0 Å². The molecule has 2 saturated carbocycles. The lowest BCUT2D eigenvalue weighted by molar-refractivity contribution is 0.341. The van der Waals surface area contributed by atoms with Crippen LogP contribution in [0.25, 0.3) is 0 Å². The summed E-state index contributed by atoms with van der Waals surface area (Å²) in [5, 5.41) is 0. The molecular formula is C15H16. The molecular weight excluding hydrogens is 180 g/mol. The van der Waals surface area contributed by atoms with Gasteiger partial charge in [0, 0.05) is 0 Å². The highest BCUT2D eigenvalue weighted by Gasteiger charge is 2.55. The molecule has 0 heterocycles. The van der Waals surface area contributed by atoms with Crippen LogP contribution < -0.4 is 0 Å². The first-order chi connectivity index (χ1) is 7.45. The molecule has 0 aliphatic heterocycles. The second kappa shape index (κ2) is 2.75. The average Bonchev–Trinajstić information content (AvgIpc) is 2.95. The van der Waals surface area contributed by atoms with E-state index >= 15 is 0 Å². The molecule has 0 amide bonds. The van der Waals surface area contributed by atoms with E-state index in [2.05, 4.69) is 42.5 Å². The van der Waals surface area contributed by atoms with Crippen LogP contribution in [-0.4, -0.2) is 0 Å². The molecule has 3 aliphatic rings. The van der Waals surface area contributed by atoms with E-state index in [-0.39, 0.29) is 0 Å². The van der Waals surface area contributed by atoms with Crippen molar-refractivity contribution in [1.29, 1.82) is 0 Å². The standard InChI is InChI=1S/C15H16/c1-2-4-10(5-3-1)15-13-8-6-11-12(13)7-9-14(11)15/h1-6,8,11-15H,7,9H2/t11-,12?,13+,14+,15-/m0/s1. The van der Waals surface area contributed by atoms with Gasteiger partial charge in [-0.15, -0.1) is 0 Å². The van der Waals surface area contributed by atoms with Gasteiger partial charge in [-0.1, -0.05) is 42.5 Å². The van der Waals surface area contributed by atoms with Crippen LogP contribution in [0.4, 0.5) is 0 Å². The summed E-state index contributed by atoms with van der Waals surface area (Å²) in [6.45, 7) is 0. The Morgan fingerprint density at radius 1 is 0.800 bits per heavy atom. The van der Waals surface area contributed by atoms with Crippen molar-refractivity contribution < 1.29 is 0 Å². The van der Waals surface area contributed by atoms with E-state index < -0.39 is 0 Å². The van der Waals surface area contributed by atoms with Gasteiger partial charge < -0.3 is 0 Å². The number of hydrogen-bond donors (Lipinski definition) is 0. The van der Waals surface area contributed by atoms with Crippen LogP contribution in [0.15, 0.2) is 42.5 Å². The molecule has 76 valence electrons. The topological polar surface area (TPSA) is 0 Å². The van der Waals surface area contributed by atoms with E-state index in [9.17, 15) is 0 Å². The molecule has 4 bridgehead atoms. The largest absolute Gasteiger partial charge is 0.0845 e. The van der Waals surface area contributed by atoms with Crippen molar-refractivity contribution in [3.63, 3.8) is 0 Å². The Bertz CT molecular complexity index is 403. The van der Waals surface area contributed by atoms with E-state index in [1.54, 1.807) is 5.56 Å². The van der Waals surface area contributed by atoms with Gasteiger partial charge in [-0.25, -0.2) is 0 Å². The van der Waals surface area contributed by atoms with Gasteiger partial charge in [0.15, 0.2) is 0 Å². The van der Waals surface area contributed by atoms with Crippen molar-refractivity contribution in [1.82, 2.24) is 0 Å². The van der Waals surface area contributed by atoms with Crippen LogP contribution >= 0.6 is 0 Å². The van der Waals surface area contributed by atoms with E-state index in [0.29, 0.717) is 0 Å². The van der Waals surface area contributed by atoms with Gasteiger partial charge in [-0.2, -0.15) is 0 Å². The zero-order valence-electron chi connectivity index (χ0n) is 8.84. The fourth-order valence-corrected chi connectivity index (χ4v) is 4.46. The van der Waals surface area contributed by atoms with Crippen LogP contribution in [0.3, 0.4) is 0 Å². The van der Waals surface area contributed by atoms with Gasteiger partial charge >= 0.3 is 0 Å². The first-order valence-corrected chi connectivity index (χ1v) is 6.18. The number of allylic oxidation sites excluding steroid dienone is 2. The van der Waals surface area contributed by atoms with Gasteiger partial charge in [0.2, 0.25) is 0 Å². The minimum Gasteiger partial charge on any atom is -0.0845 e. The smallest absolute Gasteiger partial charge is 0.00621 e. The van der Waals surface area contributed by atoms with Crippen molar-refractivity contribution in [3.05, 3.63) is 48.0 Å². The van der Waals surface area contributed by atoms with Crippen molar-refractivity contribution >= 4 is 0 Å². The maximum atomic E-state index is 2.51. The van der Waals surface area contributed by atoms with Crippen LogP contribution in [0, 0.1) is 23.7 Å². The molecule has 0 nitrogen and oxygen atoms in total. The predicted octanol–water partition coefficient (Wildman–Crippen LogP) is 3.61. The van der Waals surface area contributed by atoms with Crippen LogP contribution in [0.1, 0.15) is 24.3 Å². The highest BCUT2D eigenvalue weighted by molar-refractivity contribution is 5.32. The van der Waals surface area contributed by atoms with E-state index in [1.165, 1.54) is 12.8 Å². The molecule has 3 aliphatic carbocycles. The minimum absolute atomic E-state index is 0.847. The Hall–Kier alpha value is -1.04. The Morgan fingerprint density at radius 3 is 2.27 bits per heavy atom. The molecule has 0 radical (unpaired) electrons. The van der Waals surface area contributed by atoms with Gasteiger partial charge in [0.1, 0.15) is 0 Å². The monoisotopic (exact) mass is 196 g/mol. The molecule has 0 saturated heterocycles. The summed E-state index contributed by atoms with van der Waals surface area (Å²) in [7, 11) is 0. The second-order valence-corrected chi connectivity index (χ2v) is 5.38. The lowest BCUT2D eigenvalue weighted by Gasteiger charge is -2.30. The van der Waals surface area contributed by atoms with E-state index in [1.807, 2.05) is 0 Å². The fraction of sp³-hybridized carbons (Fsp3) is 0.467. The van der Waals surface area contributed by atoms with Gasteiger partial charge in [0.05, 0.1) is 0 Å². The van der Waals surface area contributed by atoms with Crippen molar-refractivity contribution in [2.45, 2.75) is 18.8 Å². The summed E-state index contributed by atoms with van der Waals surface area (Å²) in [6, 6.07) is 11.2. The third kappa shape index (κ3) is 0.928. The van der Waals surface area contributed by atoms with Crippen molar-refractivity contribution in [2.24, 2.45) is 23.7 Å². The molecule has 1 aromatic rings.